The first-order valence-corrected chi connectivity index (χ1v) is 9.55. The van der Waals surface area contributed by atoms with Gasteiger partial charge in [0.25, 0.3) is 0 Å². The highest BCUT2D eigenvalue weighted by molar-refractivity contribution is 7.99. The quantitative estimate of drug-likeness (QED) is 0.481. The number of hydrogen-bond donors (Lipinski definition) is 1. The van der Waals surface area contributed by atoms with E-state index >= 15 is 0 Å². The number of hydrogen-bond acceptors (Lipinski definition) is 6. The van der Waals surface area contributed by atoms with Crippen molar-refractivity contribution in [2.24, 2.45) is 0 Å². The van der Waals surface area contributed by atoms with E-state index in [9.17, 15) is 9.59 Å². The highest BCUT2D eigenvalue weighted by Gasteiger charge is 2.07. The number of ketones is 1. The number of anilines is 1. The number of methoxy groups -OCH3 is 1. The van der Waals surface area contributed by atoms with Crippen LogP contribution in [0, 0.1) is 0 Å². The number of carbonyl (C=O) groups is 2. The molecule has 1 N–H and O–H groups in total. The number of Topliss-reactive ketones (excluding diaryl/α,β-unsaturated/α-hetero) is 1. The lowest BCUT2D eigenvalue weighted by Crippen LogP contribution is -2.14. The maximum atomic E-state index is 12.1. The van der Waals surface area contributed by atoms with E-state index in [0.717, 1.165) is 17.0 Å². The minimum absolute atomic E-state index is 0.00981. The van der Waals surface area contributed by atoms with Gasteiger partial charge in [0, 0.05) is 16.8 Å². The van der Waals surface area contributed by atoms with Crippen LogP contribution in [0.15, 0.2) is 65.7 Å². The van der Waals surface area contributed by atoms with Gasteiger partial charge in [-0.3, -0.25) is 9.59 Å². The monoisotopic (exact) mass is 393 g/mol. The van der Waals surface area contributed by atoms with E-state index in [1.165, 1.54) is 18.7 Å². The van der Waals surface area contributed by atoms with E-state index in [2.05, 4.69) is 15.5 Å². The van der Waals surface area contributed by atoms with Crippen LogP contribution in [0.2, 0.25) is 0 Å². The van der Waals surface area contributed by atoms with Crippen LogP contribution in [0.5, 0.6) is 5.75 Å². The summed E-state index contributed by atoms with van der Waals surface area (Å²) in [5, 5.41) is 11.9. The fraction of sp³-hybridized carbons (Fsp3) is 0.143. The second kappa shape index (κ2) is 9.14. The Bertz CT molecular complexity index is 973. The number of benzene rings is 2. The number of amides is 1. The molecule has 1 amide bonds. The minimum Gasteiger partial charge on any atom is -0.497 e. The fourth-order valence-corrected chi connectivity index (χ4v) is 3.07. The number of nitrogens with one attached hydrogen (secondary N) is 1. The molecule has 1 aromatic heterocycles. The Morgan fingerprint density at radius 2 is 1.82 bits per heavy atom. The Hall–Kier alpha value is -3.19. The van der Waals surface area contributed by atoms with Gasteiger partial charge in [0.05, 0.1) is 18.6 Å². The van der Waals surface area contributed by atoms with Crippen molar-refractivity contribution in [1.82, 2.24) is 10.2 Å². The van der Waals surface area contributed by atoms with Crippen LogP contribution in [0.1, 0.15) is 17.3 Å². The standard InChI is InChI=1S/C21H19N3O3S/c1-14(25)15-6-8-17(9-7-15)22-20(26)13-28-21-11-10-19(23-24-21)16-4-3-5-18(12-16)27-2/h3-12H,13H2,1-2H3,(H,22,26). The number of carbonyl (C=O) groups excluding carboxylic acids is 2. The Labute approximate surface area is 167 Å². The summed E-state index contributed by atoms with van der Waals surface area (Å²) in [6.07, 6.45) is 0. The smallest absolute Gasteiger partial charge is 0.234 e. The van der Waals surface area contributed by atoms with E-state index < -0.39 is 0 Å². The molecule has 142 valence electrons. The maximum absolute atomic E-state index is 12.1. The van der Waals surface area contributed by atoms with Gasteiger partial charge >= 0.3 is 0 Å². The molecule has 0 aliphatic carbocycles. The molecule has 0 radical (unpaired) electrons. The van der Waals surface area contributed by atoms with Crippen molar-refractivity contribution < 1.29 is 14.3 Å². The molecule has 0 atom stereocenters. The topological polar surface area (TPSA) is 81.2 Å². The molecule has 0 saturated heterocycles. The van der Waals surface area contributed by atoms with Gasteiger partial charge in [0.2, 0.25) is 5.91 Å². The second-order valence-corrected chi connectivity index (χ2v) is 6.95. The van der Waals surface area contributed by atoms with Gasteiger partial charge in [-0.25, -0.2) is 0 Å². The van der Waals surface area contributed by atoms with Crippen molar-refractivity contribution in [2.45, 2.75) is 11.9 Å². The van der Waals surface area contributed by atoms with Gasteiger partial charge in [-0.1, -0.05) is 23.9 Å². The molecule has 0 bridgehead atoms. The van der Waals surface area contributed by atoms with Crippen molar-refractivity contribution in [3.05, 3.63) is 66.2 Å². The summed E-state index contributed by atoms with van der Waals surface area (Å²) in [6, 6.07) is 18.1. The summed E-state index contributed by atoms with van der Waals surface area (Å²) < 4.78 is 5.22. The summed E-state index contributed by atoms with van der Waals surface area (Å²) >= 11 is 1.30. The van der Waals surface area contributed by atoms with E-state index in [1.54, 1.807) is 31.4 Å². The molecule has 0 aliphatic heterocycles. The lowest BCUT2D eigenvalue weighted by molar-refractivity contribution is -0.113. The summed E-state index contributed by atoms with van der Waals surface area (Å²) in [4.78, 5) is 23.4. The number of thioether (sulfide) groups is 1. The summed E-state index contributed by atoms with van der Waals surface area (Å²) in [6.45, 7) is 1.50. The Morgan fingerprint density at radius 1 is 1.04 bits per heavy atom. The first-order chi connectivity index (χ1) is 13.5. The predicted octanol–water partition coefficient (Wildman–Crippen LogP) is 4.09. The first kappa shape index (κ1) is 19.6. The molecule has 0 aliphatic rings. The predicted molar refractivity (Wildman–Crippen MR) is 110 cm³/mol. The van der Waals surface area contributed by atoms with Gasteiger partial charge in [0.1, 0.15) is 10.8 Å². The van der Waals surface area contributed by atoms with Gasteiger partial charge in [-0.05, 0) is 55.5 Å². The van der Waals surface area contributed by atoms with Crippen LogP contribution >= 0.6 is 11.8 Å². The van der Waals surface area contributed by atoms with Crippen LogP contribution in [0.4, 0.5) is 5.69 Å². The molecular formula is C21H19N3O3S. The third kappa shape index (κ3) is 5.17. The molecule has 3 rings (SSSR count). The largest absolute Gasteiger partial charge is 0.497 e. The van der Waals surface area contributed by atoms with Crippen molar-refractivity contribution >= 4 is 29.1 Å². The van der Waals surface area contributed by atoms with Crippen LogP contribution in [0.25, 0.3) is 11.3 Å². The Morgan fingerprint density at radius 3 is 2.46 bits per heavy atom. The van der Waals surface area contributed by atoms with Crippen molar-refractivity contribution in [1.29, 1.82) is 0 Å². The lowest BCUT2D eigenvalue weighted by Gasteiger charge is -2.06. The summed E-state index contributed by atoms with van der Waals surface area (Å²) in [5.74, 6) is 0.802. The summed E-state index contributed by atoms with van der Waals surface area (Å²) in [5.41, 5.74) is 2.90. The van der Waals surface area contributed by atoms with Crippen molar-refractivity contribution in [3.63, 3.8) is 0 Å². The zero-order valence-corrected chi connectivity index (χ0v) is 16.3. The molecule has 2 aromatic carbocycles. The molecule has 28 heavy (non-hydrogen) atoms. The molecule has 0 fully saturated rings. The number of aromatic nitrogens is 2. The minimum atomic E-state index is -0.153. The first-order valence-electron chi connectivity index (χ1n) is 8.57. The molecular weight excluding hydrogens is 374 g/mol. The molecule has 0 unspecified atom stereocenters. The second-order valence-electron chi connectivity index (χ2n) is 5.96. The van der Waals surface area contributed by atoms with Crippen LogP contribution in [0.3, 0.4) is 0 Å². The van der Waals surface area contributed by atoms with E-state index in [1.807, 2.05) is 36.4 Å². The average Bonchev–Trinajstić information content (AvgIpc) is 2.73. The van der Waals surface area contributed by atoms with E-state index in [0.29, 0.717) is 16.3 Å². The van der Waals surface area contributed by atoms with Crippen LogP contribution < -0.4 is 10.1 Å². The highest BCUT2D eigenvalue weighted by atomic mass is 32.2. The molecule has 7 heteroatoms. The third-order valence-corrected chi connectivity index (χ3v) is 4.85. The number of nitrogens with zero attached hydrogens (tertiary/aromatic N) is 2. The maximum Gasteiger partial charge on any atom is 0.234 e. The molecule has 0 spiro atoms. The molecule has 3 aromatic rings. The fourth-order valence-electron chi connectivity index (χ4n) is 2.46. The molecule has 0 saturated carbocycles. The van der Waals surface area contributed by atoms with Crippen LogP contribution in [-0.4, -0.2) is 34.8 Å². The van der Waals surface area contributed by atoms with Gasteiger partial charge in [0.15, 0.2) is 5.78 Å². The summed E-state index contributed by atoms with van der Waals surface area (Å²) in [7, 11) is 1.62. The van der Waals surface area contributed by atoms with Crippen molar-refractivity contribution in [2.75, 3.05) is 18.2 Å². The Kier molecular flexibility index (Phi) is 6.39. The number of rotatable bonds is 7. The number of ether oxygens (including phenoxy) is 1. The Balaban J connectivity index is 1.55. The SMILES string of the molecule is COc1cccc(-c2ccc(SCC(=O)Nc3ccc(C(C)=O)cc3)nn2)c1. The van der Waals surface area contributed by atoms with Crippen molar-refractivity contribution in [3.8, 4) is 17.0 Å². The molecule has 6 nitrogen and oxygen atoms in total. The lowest BCUT2D eigenvalue weighted by atomic mass is 10.1. The van der Waals surface area contributed by atoms with E-state index in [-0.39, 0.29) is 17.4 Å². The normalized spacial score (nSPS) is 10.4. The van der Waals surface area contributed by atoms with Crippen LogP contribution in [-0.2, 0) is 4.79 Å². The third-order valence-electron chi connectivity index (χ3n) is 3.93. The molecule has 1 heterocycles. The zero-order chi connectivity index (χ0) is 19.9. The zero-order valence-electron chi connectivity index (χ0n) is 15.5. The van der Waals surface area contributed by atoms with Gasteiger partial charge in [-0.2, -0.15) is 0 Å². The van der Waals surface area contributed by atoms with Gasteiger partial charge < -0.3 is 10.1 Å². The van der Waals surface area contributed by atoms with Gasteiger partial charge in [-0.15, -0.1) is 10.2 Å². The van der Waals surface area contributed by atoms with E-state index in [4.69, 9.17) is 4.74 Å². The average molecular weight is 393 g/mol. The highest BCUT2D eigenvalue weighted by Crippen LogP contribution is 2.23.